The first-order valence-electron chi connectivity index (χ1n) is 5.62. The number of nitrogens with zero attached hydrogens (tertiary/aromatic N) is 1. The zero-order chi connectivity index (χ0) is 15.6. The quantitative estimate of drug-likeness (QED) is 0.901. The summed E-state index contributed by atoms with van der Waals surface area (Å²) in [5.74, 6) is -0.526. The Balaban J connectivity index is 2.13. The molecule has 1 aromatic carbocycles. The normalized spacial score (nSPS) is 11.4. The van der Waals surface area contributed by atoms with Crippen molar-refractivity contribution >= 4 is 39.7 Å². The molecule has 21 heavy (non-hydrogen) atoms. The molecule has 4 nitrogen and oxygen atoms in total. The van der Waals surface area contributed by atoms with Crippen molar-refractivity contribution in [2.75, 3.05) is 11.1 Å². The number of carbonyl (C=O) groups is 1. The van der Waals surface area contributed by atoms with E-state index in [0.717, 1.165) is 18.2 Å². The summed E-state index contributed by atoms with van der Waals surface area (Å²) in [4.78, 5) is 15.7. The van der Waals surface area contributed by atoms with Gasteiger partial charge in [0.2, 0.25) is 5.91 Å². The smallest absolute Gasteiger partial charge is 0.375 e. The summed E-state index contributed by atoms with van der Waals surface area (Å²) in [5, 5.41) is 4.27. The molecule has 9 heteroatoms. The van der Waals surface area contributed by atoms with Crippen molar-refractivity contribution in [3.63, 3.8) is 0 Å². The number of halogens is 4. The number of nitrogens with two attached hydrogens (primary N) is 1. The van der Waals surface area contributed by atoms with Crippen LogP contribution in [-0.4, -0.2) is 10.9 Å². The fraction of sp³-hybridized carbons (Fsp3) is 0.167. The van der Waals surface area contributed by atoms with Crippen LogP contribution >= 0.6 is 22.9 Å². The van der Waals surface area contributed by atoms with E-state index < -0.39 is 17.6 Å². The SMILES string of the molecule is Nc1nc(CC(=O)Nc2cc(C(F)(F)F)ccc2Cl)cs1. The van der Waals surface area contributed by atoms with Crippen LogP contribution in [0.15, 0.2) is 23.6 Å². The molecule has 0 bridgehead atoms. The van der Waals surface area contributed by atoms with Crippen molar-refractivity contribution in [2.24, 2.45) is 0 Å². The minimum absolute atomic E-state index is 0.0224. The summed E-state index contributed by atoms with van der Waals surface area (Å²) in [5.41, 5.74) is 4.88. The highest BCUT2D eigenvalue weighted by atomic mass is 35.5. The van der Waals surface area contributed by atoms with E-state index in [9.17, 15) is 18.0 Å². The van der Waals surface area contributed by atoms with Crippen molar-refractivity contribution in [2.45, 2.75) is 12.6 Å². The number of hydrogen-bond acceptors (Lipinski definition) is 4. The van der Waals surface area contributed by atoms with Gasteiger partial charge in [0.1, 0.15) is 0 Å². The maximum Gasteiger partial charge on any atom is 0.416 e. The van der Waals surface area contributed by atoms with E-state index in [0.29, 0.717) is 10.8 Å². The van der Waals surface area contributed by atoms with Crippen LogP contribution in [0.4, 0.5) is 24.0 Å². The Morgan fingerprint density at radius 3 is 2.71 bits per heavy atom. The molecule has 2 rings (SSSR count). The second-order valence-electron chi connectivity index (χ2n) is 4.09. The van der Waals surface area contributed by atoms with Crippen LogP contribution in [0.3, 0.4) is 0 Å². The maximum atomic E-state index is 12.6. The number of thiazole rings is 1. The second kappa shape index (κ2) is 5.90. The number of hydrogen-bond donors (Lipinski definition) is 2. The first-order valence-corrected chi connectivity index (χ1v) is 6.88. The molecule has 2 aromatic rings. The van der Waals surface area contributed by atoms with Gasteiger partial charge in [-0.05, 0) is 18.2 Å². The van der Waals surface area contributed by atoms with Gasteiger partial charge in [-0.25, -0.2) is 4.98 Å². The van der Waals surface area contributed by atoms with E-state index in [1.807, 2.05) is 0 Å². The lowest BCUT2D eigenvalue weighted by Crippen LogP contribution is -2.16. The van der Waals surface area contributed by atoms with Crippen LogP contribution in [0.25, 0.3) is 0 Å². The molecule has 0 aliphatic rings. The largest absolute Gasteiger partial charge is 0.416 e. The second-order valence-corrected chi connectivity index (χ2v) is 5.39. The predicted molar refractivity (Wildman–Crippen MR) is 75.3 cm³/mol. The van der Waals surface area contributed by atoms with Crippen LogP contribution in [0.2, 0.25) is 5.02 Å². The lowest BCUT2D eigenvalue weighted by Gasteiger charge is -2.11. The average Bonchev–Trinajstić information content (AvgIpc) is 2.76. The maximum absolute atomic E-state index is 12.6. The molecule has 0 unspecified atom stereocenters. The van der Waals surface area contributed by atoms with Crippen LogP contribution in [0.5, 0.6) is 0 Å². The van der Waals surface area contributed by atoms with Crippen molar-refractivity contribution in [3.05, 3.63) is 39.9 Å². The molecule has 3 N–H and O–H groups in total. The highest BCUT2D eigenvalue weighted by Crippen LogP contribution is 2.33. The third-order valence-corrected chi connectivity index (χ3v) is 3.53. The van der Waals surface area contributed by atoms with Gasteiger partial charge in [-0.1, -0.05) is 11.6 Å². The summed E-state index contributed by atoms with van der Waals surface area (Å²) >= 11 is 6.96. The van der Waals surface area contributed by atoms with Crippen LogP contribution < -0.4 is 11.1 Å². The number of rotatable bonds is 3. The van der Waals surface area contributed by atoms with E-state index in [2.05, 4.69) is 10.3 Å². The third-order valence-electron chi connectivity index (χ3n) is 2.48. The van der Waals surface area contributed by atoms with Gasteiger partial charge in [-0.2, -0.15) is 13.2 Å². The minimum atomic E-state index is -4.51. The molecule has 0 aliphatic carbocycles. The molecule has 0 saturated carbocycles. The van der Waals surface area contributed by atoms with Gasteiger partial charge in [0.25, 0.3) is 0 Å². The van der Waals surface area contributed by atoms with Crippen molar-refractivity contribution < 1.29 is 18.0 Å². The van der Waals surface area contributed by atoms with E-state index in [1.165, 1.54) is 11.3 Å². The van der Waals surface area contributed by atoms with Crippen molar-refractivity contribution in [1.82, 2.24) is 4.98 Å². The molecule has 0 saturated heterocycles. The molecule has 0 radical (unpaired) electrons. The molecule has 1 aromatic heterocycles. The van der Waals surface area contributed by atoms with Gasteiger partial charge < -0.3 is 11.1 Å². The first kappa shape index (κ1) is 15.6. The molecular formula is C12H9ClF3N3OS. The zero-order valence-corrected chi connectivity index (χ0v) is 11.9. The third kappa shape index (κ3) is 4.08. The Hall–Kier alpha value is -1.80. The van der Waals surface area contributed by atoms with E-state index in [1.54, 1.807) is 5.38 Å². The standard InChI is InChI=1S/C12H9ClF3N3OS/c13-8-2-1-6(12(14,15)16)3-9(8)19-10(20)4-7-5-21-11(17)18-7/h1-3,5H,4H2,(H2,17,18)(H,19,20). The highest BCUT2D eigenvalue weighted by Gasteiger charge is 2.31. The van der Waals surface area contributed by atoms with E-state index in [4.69, 9.17) is 17.3 Å². The average molecular weight is 336 g/mol. The topological polar surface area (TPSA) is 68.0 Å². The van der Waals surface area contributed by atoms with Gasteiger partial charge in [0, 0.05) is 5.38 Å². The van der Waals surface area contributed by atoms with Crippen molar-refractivity contribution in [3.8, 4) is 0 Å². The van der Waals surface area contributed by atoms with Crippen LogP contribution in [-0.2, 0) is 17.4 Å². The Kier molecular flexibility index (Phi) is 4.38. The number of nitrogens with one attached hydrogen (secondary N) is 1. The number of anilines is 2. The number of amides is 1. The molecule has 0 aliphatic heterocycles. The number of nitrogen functional groups attached to an aromatic ring is 1. The monoisotopic (exact) mass is 335 g/mol. The number of aromatic nitrogens is 1. The molecule has 0 fully saturated rings. The highest BCUT2D eigenvalue weighted by molar-refractivity contribution is 7.13. The fourth-order valence-corrected chi connectivity index (χ4v) is 2.29. The Morgan fingerprint density at radius 2 is 2.14 bits per heavy atom. The van der Waals surface area contributed by atoms with E-state index >= 15 is 0 Å². The van der Waals surface area contributed by atoms with Gasteiger partial charge in [-0.15, -0.1) is 11.3 Å². The Morgan fingerprint density at radius 1 is 1.43 bits per heavy atom. The van der Waals surface area contributed by atoms with Gasteiger partial charge in [0.15, 0.2) is 5.13 Å². The van der Waals surface area contributed by atoms with E-state index in [-0.39, 0.29) is 17.1 Å². The molecule has 112 valence electrons. The first-order chi connectivity index (χ1) is 9.75. The number of benzene rings is 1. The molecular weight excluding hydrogens is 327 g/mol. The summed E-state index contributed by atoms with van der Waals surface area (Å²) in [6, 6.07) is 2.72. The predicted octanol–water partition coefficient (Wildman–Crippen LogP) is 3.58. The summed E-state index contributed by atoms with van der Waals surface area (Å²) < 4.78 is 37.8. The summed E-state index contributed by atoms with van der Waals surface area (Å²) in [6.45, 7) is 0. The molecule has 0 spiro atoms. The minimum Gasteiger partial charge on any atom is -0.375 e. The lowest BCUT2D eigenvalue weighted by molar-refractivity contribution is -0.137. The van der Waals surface area contributed by atoms with Gasteiger partial charge >= 0.3 is 6.18 Å². The zero-order valence-electron chi connectivity index (χ0n) is 10.4. The van der Waals surface area contributed by atoms with Crippen LogP contribution in [0, 0.1) is 0 Å². The Bertz CT molecular complexity index is 672. The van der Waals surface area contributed by atoms with Crippen LogP contribution in [0.1, 0.15) is 11.3 Å². The molecule has 1 amide bonds. The fourth-order valence-electron chi connectivity index (χ4n) is 1.56. The summed E-state index contributed by atoms with van der Waals surface area (Å²) in [7, 11) is 0. The van der Waals surface area contributed by atoms with Gasteiger partial charge in [-0.3, -0.25) is 4.79 Å². The van der Waals surface area contributed by atoms with Gasteiger partial charge in [0.05, 0.1) is 28.4 Å². The lowest BCUT2D eigenvalue weighted by atomic mass is 10.2. The number of carbonyl (C=O) groups excluding carboxylic acids is 1. The molecule has 1 heterocycles. The molecule has 0 atom stereocenters. The number of alkyl halides is 3. The van der Waals surface area contributed by atoms with Crippen molar-refractivity contribution in [1.29, 1.82) is 0 Å². The summed E-state index contributed by atoms with van der Waals surface area (Å²) in [6.07, 6.45) is -4.60. The Labute approximate surface area is 126 Å².